The Kier molecular flexibility index (Phi) is 7.71. The molecular weight excluding hydrogens is 188 g/mol. The molecule has 2 N–H and O–H groups in total. The molecule has 90 valence electrons. The van der Waals surface area contributed by atoms with Crippen molar-refractivity contribution in [1.29, 1.82) is 0 Å². The van der Waals surface area contributed by atoms with E-state index in [1.165, 1.54) is 0 Å². The van der Waals surface area contributed by atoms with E-state index in [-0.39, 0.29) is 12.7 Å². The Balaban J connectivity index is 4.05. The van der Waals surface area contributed by atoms with Gasteiger partial charge in [-0.15, -0.1) is 0 Å². The highest BCUT2D eigenvalue weighted by Gasteiger charge is 2.11. The molecule has 0 aliphatic heterocycles. The van der Waals surface area contributed by atoms with Gasteiger partial charge in [-0.25, -0.2) is 0 Å². The zero-order valence-corrected chi connectivity index (χ0v) is 10.5. The first kappa shape index (κ1) is 14.7. The van der Waals surface area contributed by atoms with Crippen LogP contribution in [-0.2, 0) is 0 Å². The monoisotopic (exact) mass is 214 g/mol. The minimum atomic E-state index is -0.360. The quantitative estimate of drug-likeness (QED) is 0.640. The minimum Gasteiger partial charge on any atom is -0.396 e. The second-order valence-corrected chi connectivity index (χ2v) is 4.90. The summed E-state index contributed by atoms with van der Waals surface area (Å²) in [6.07, 6.45) is 5.74. The SMILES string of the molecule is CC(C)[C@H](/C=C/[C@@H](C)O)CC[C@@H](C)CO. The Morgan fingerprint density at radius 2 is 1.60 bits per heavy atom. The van der Waals surface area contributed by atoms with Crippen molar-refractivity contribution in [2.24, 2.45) is 17.8 Å². The molecule has 0 saturated heterocycles. The summed E-state index contributed by atoms with van der Waals surface area (Å²) in [4.78, 5) is 0. The number of aliphatic hydroxyl groups excluding tert-OH is 2. The lowest BCUT2D eigenvalue weighted by Gasteiger charge is -2.19. The van der Waals surface area contributed by atoms with Crippen LogP contribution in [0.5, 0.6) is 0 Å². The zero-order chi connectivity index (χ0) is 11.8. The summed E-state index contributed by atoms with van der Waals surface area (Å²) in [5, 5.41) is 18.1. The van der Waals surface area contributed by atoms with Crippen molar-refractivity contribution in [2.75, 3.05) is 6.61 Å². The van der Waals surface area contributed by atoms with Crippen LogP contribution in [0, 0.1) is 17.8 Å². The van der Waals surface area contributed by atoms with Gasteiger partial charge in [-0.05, 0) is 37.5 Å². The van der Waals surface area contributed by atoms with E-state index >= 15 is 0 Å². The number of hydrogen-bond acceptors (Lipinski definition) is 2. The van der Waals surface area contributed by atoms with Crippen molar-refractivity contribution in [2.45, 2.75) is 46.6 Å². The molecule has 0 heterocycles. The summed E-state index contributed by atoms with van der Waals surface area (Å²) in [5.74, 6) is 1.48. The van der Waals surface area contributed by atoms with Crippen LogP contribution < -0.4 is 0 Å². The topological polar surface area (TPSA) is 40.5 Å². The van der Waals surface area contributed by atoms with Crippen LogP contribution in [0.1, 0.15) is 40.5 Å². The largest absolute Gasteiger partial charge is 0.396 e. The van der Waals surface area contributed by atoms with Gasteiger partial charge in [0.2, 0.25) is 0 Å². The molecule has 0 spiro atoms. The average molecular weight is 214 g/mol. The van der Waals surface area contributed by atoms with Crippen LogP contribution in [0.4, 0.5) is 0 Å². The summed E-state index contributed by atoms with van der Waals surface area (Å²) in [5.41, 5.74) is 0. The normalized spacial score (nSPS) is 18.3. The van der Waals surface area contributed by atoms with Crippen LogP contribution in [0.2, 0.25) is 0 Å². The highest BCUT2D eigenvalue weighted by Crippen LogP contribution is 2.21. The van der Waals surface area contributed by atoms with Crippen LogP contribution in [0.3, 0.4) is 0 Å². The molecule has 0 bridgehead atoms. The fourth-order valence-corrected chi connectivity index (χ4v) is 1.52. The molecule has 0 radical (unpaired) electrons. The maximum absolute atomic E-state index is 9.18. The molecule has 0 aromatic heterocycles. The Labute approximate surface area is 94.0 Å². The van der Waals surface area contributed by atoms with Gasteiger partial charge in [-0.2, -0.15) is 0 Å². The molecule has 0 amide bonds. The lowest BCUT2D eigenvalue weighted by Crippen LogP contribution is -2.10. The predicted octanol–water partition coefficient (Wildman–Crippen LogP) is 2.60. The van der Waals surface area contributed by atoms with Gasteiger partial charge < -0.3 is 10.2 Å². The highest BCUT2D eigenvalue weighted by atomic mass is 16.3. The van der Waals surface area contributed by atoms with Gasteiger partial charge in [0.05, 0.1) is 6.10 Å². The van der Waals surface area contributed by atoms with Crippen molar-refractivity contribution >= 4 is 0 Å². The molecule has 0 fully saturated rings. The average Bonchev–Trinajstić information content (AvgIpc) is 2.16. The third-order valence-electron chi connectivity index (χ3n) is 2.80. The van der Waals surface area contributed by atoms with E-state index in [1.54, 1.807) is 6.92 Å². The van der Waals surface area contributed by atoms with Crippen molar-refractivity contribution in [1.82, 2.24) is 0 Å². The third kappa shape index (κ3) is 7.57. The highest BCUT2D eigenvalue weighted by molar-refractivity contribution is 4.93. The predicted molar refractivity (Wildman–Crippen MR) is 64.6 cm³/mol. The standard InChI is InChI=1S/C13H26O2/c1-10(2)13(8-6-12(4)15)7-5-11(3)9-14/h6,8,10-15H,5,7,9H2,1-4H3/b8-6+/t11-,12-,13+/m1/s1. The molecule has 0 aromatic rings. The van der Waals surface area contributed by atoms with Gasteiger partial charge in [0.1, 0.15) is 0 Å². The summed E-state index contributed by atoms with van der Waals surface area (Å²) >= 11 is 0. The van der Waals surface area contributed by atoms with Crippen LogP contribution in [0.25, 0.3) is 0 Å². The summed E-state index contributed by atoms with van der Waals surface area (Å²) < 4.78 is 0. The van der Waals surface area contributed by atoms with E-state index in [0.717, 1.165) is 12.8 Å². The van der Waals surface area contributed by atoms with Gasteiger partial charge in [0.25, 0.3) is 0 Å². The minimum absolute atomic E-state index is 0.269. The van der Waals surface area contributed by atoms with Gasteiger partial charge >= 0.3 is 0 Å². The Hall–Kier alpha value is -0.340. The van der Waals surface area contributed by atoms with Crippen LogP contribution >= 0.6 is 0 Å². The molecule has 0 aromatic carbocycles. The molecule has 0 saturated carbocycles. The zero-order valence-electron chi connectivity index (χ0n) is 10.5. The molecular formula is C13H26O2. The number of aliphatic hydroxyl groups is 2. The summed E-state index contributed by atoms with van der Waals surface area (Å²) in [6, 6.07) is 0. The lowest BCUT2D eigenvalue weighted by atomic mass is 9.88. The summed E-state index contributed by atoms with van der Waals surface area (Å²) in [6.45, 7) is 8.49. The Bertz CT molecular complexity index is 173. The first-order valence-electron chi connectivity index (χ1n) is 5.94. The van der Waals surface area contributed by atoms with Crippen LogP contribution in [0.15, 0.2) is 12.2 Å². The maximum Gasteiger partial charge on any atom is 0.0692 e. The first-order chi connectivity index (χ1) is 6.97. The molecule has 2 heteroatoms. The molecule has 2 nitrogen and oxygen atoms in total. The fraction of sp³-hybridized carbons (Fsp3) is 0.846. The summed E-state index contributed by atoms with van der Waals surface area (Å²) in [7, 11) is 0. The van der Waals surface area contributed by atoms with Gasteiger partial charge in [-0.1, -0.05) is 32.9 Å². The number of allylic oxidation sites excluding steroid dienone is 1. The van der Waals surface area contributed by atoms with Crippen LogP contribution in [-0.4, -0.2) is 22.9 Å². The van der Waals surface area contributed by atoms with Gasteiger partial charge in [0, 0.05) is 6.61 Å². The number of hydrogen-bond donors (Lipinski definition) is 2. The molecule has 0 aliphatic rings. The van der Waals surface area contributed by atoms with Crippen molar-refractivity contribution < 1.29 is 10.2 Å². The van der Waals surface area contributed by atoms with E-state index in [0.29, 0.717) is 17.8 Å². The molecule has 0 unspecified atom stereocenters. The van der Waals surface area contributed by atoms with Crippen molar-refractivity contribution in [3.05, 3.63) is 12.2 Å². The van der Waals surface area contributed by atoms with E-state index < -0.39 is 0 Å². The maximum atomic E-state index is 9.18. The Morgan fingerprint density at radius 3 is 2.00 bits per heavy atom. The van der Waals surface area contributed by atoms with Crippen molar-refractivity contribution in [3.8, 4) is 0 Å². The molecule has 15 heavy (non-hydrogen) atoms. The van der Waals surface area contributed by atoms with E-state index in [9.17, 15) is 5.11 Å². The third-order valence-corrected chi connectivity index (χ3v) is 2.80. The second kappa shape index (κ2) is 7.89. The first-order valence-corrected chi connectivity index (χ1v) is 5.94. The van der Waals surface area contributed by atoms with Gasteiger partial charge in [0.15, 0.2) is 0 Å². The fourth-order valence-electron chi connectivity index (χ4n) is 1.52. The second-order valence-electron chi connectivity index (χ2n) is 4.90. The van der Waals surface area contributed by atoms with E-state index in [2.05, 4.69) is 26.8 Å². The molecule has 3 atom stereocenters. The molecule has 0 rings (SSSR count). The van der Waals surface area contributed by atoms with Crippen molar-refractivity contribution in [3.63, 3.8) is 0 Å². The van der Waals surface area contributed by atoms with E-state index in [1.807, 2.05) is 6.08 Å². The van der Waals surface area contributed by atoms with E-state index in [4.69, 9.17) is 5.11 Å². The smallest absolute Gasteiger partial charge is 0.0692 e. The number of rotatable bonds is 7. The van der Waals surface area contributed by atoms with Gasteiger partial charge in [-0.3, -0.25) is 0 Å². The Morgan fingerprint density at radius 1 is 1.00 bits per heavy atom. The lowest BCUT2D eigenvalue weighted by molar-refractivity contribution is 0.219. The molecule has 0 aliphatic carbocycles.